The molecule has 0 aliphatic carbocycles. The second kappa shape index (κ2) is 8.72. The molecular formula is C21H25ClN2O3. The number of aliphatic hydroxyl groups is 1. The molecule has 5 nitrogen and oxygen atoms in total. The van der Waals surface area contributed by atoms with Gasteiger partial charge in [0, 0.05) is 24.3 Å². The molecule has 6 heteroatoms. The van der Waals surface area contributed by atoms with Gasteiger partial charge in [-0.2, -0.15) is 0 Å². The molecule has 0 amide bonds. The predicted molar refractivity (Wildman–Crippen MR) is 106 cm³/mol. The first kappa shape index (κ1) is 19.6. The highest BCUT2D eigenvalue weighted by atomic mass is 35.5. The lowest BCUT2D eigenvalue weighted by atomic mass is 9.87. The smallest absolute Gasteiger partial charge is 0.342 e. The number of esters is 1. The molecule has 1 aliphatic heterocycles. The maximum atomic E-state index is 12.4. The summed E-state index contributed by atoms with van der Waals surface area (Å²) in [5.41, 5.74) is 1.37. The molecule has 1 aromatic carbocycles. The summed E-state index contributed by atoms with van der Waals surface area (Å²) in [6.07, 6.45) is 2.64. The number of hydrogen-bond donors (Lipinski definition) is 1. The fraction of sp³-hybridized carbons (Fsp3) is 0.429. The average molecular weight is 389 g/mol. The Morgan fingerprint density at radius 1 is 1.22 bits per heavy atom. The van der Waals surface area contributed by atoms with E-state index < -0.39 is 6.10 Å². The van der Waals surface area contributed by atoms with Crippen LogP contribution >= 0.6 is 11.6 Å². The van der Waals surface area contributed by atoms with Crippen molar-refractivity contribution in [2.24, 2.45) is 5.92 Å². The van der Waals surface area contributed by atoms with Crippen molar-refractivity contribution in [2.75, 3.05) is 18.0 Å². The largest absolute Gasteiger partial charge is 0.459 e. The first-order chi connectivity index (χ1) is 13.0. The number of carbonyl (C=O) groups is 1. The maximum absolute atomic E-state index is 12.4. The molecule has 0 radical (unpaired) electrons. The second-order valence-electron chi connectivity index (χ2n) is 7.15. The Bertz CT molecular complexity index is 771. The van der Waals surface area contributed by atoms with Gasteiger partial charge in [-0.05, 0) is 62.4 Å². The van der Waals surface area contributed by atoms with Crippen LogP contribution in [0.25, 0.3) is 0 Å². The number of halogens is 1. The van der Waals surface area contributed by atoms with Crippen LogP contribution in [0.3, 0.4) is 0 Å². The van der Waals surface area contributed by atoms with Crippen molar-refractivity contribution in [3.63, 3.8) is 0 Å². The van der Waals surface area contributed by atoms with Gasteiger partial charge in [-0.3, -0.25) is 0 Å². The SMILES string of the molecule is CC(C)OC(=O)c1cccnc1N1CCC(C(O)c2ccc(Cl)cc2)CC1. The molecule has 2 aromatic rings. The van der Waals surface area contributed by atoms with Crippen molar-refractivity contribution in [3.05, 3.63) is 58.7 Å². The van der Waals surface area contributed by atoms with E-state index in [1.54, 1.807) is 30.5 Å². The lowest BCUT2D eigenvalue weighted by Gasteiger charge is -2.35. The molecule has 1 atom stereocenters. The van der Waals surface area contributed by atoms with Crippen molar-refractivity contribution in [2.45, 2.75) is 38.9 Å². The molecule has 0 bridgehead atoms. The Morgan fingerprint density at radius 3 is 2.52 bits per heavy atom. The number of ether oxygens (including phenoxy) is 1. The highest BCUT2D eigenvalue weighted by Gasteiger charge is 2.29. The first-order valence-electron chi connectivity index (χ1n) is 9.30. The normalized spacial score (nSPS) is 16.4. The number of benzene rings is 1. The molecule has 27 heavy (non-hydrogen) atoms. The fourth-order valence-electron chi connectivity index (χ4n) is 3.44. The van der Waals surface area contributed by atoms with E-state index >= 15 is 0 Å². The molecule has 3 rings (SSSR count). The zero-order chi connectivity index (χ0) is 19.4. The molecule has 0 saturated carbocycles. The van der Waals surface area contributed by atoms with Crippen LogP contribution in [0.4, 0.5) is 5.82 Å². The minimum Gasteiger partial charge on any atom is -0.459 e. The third-order valence-electron chi connectivity index (χ3n) is 4.85. The molecule has 1 aromatic heterocycles. The molecular weight excluding hydrogens is 364 g/mol. The van der Waals surface area contributed by atoms with E-state index in [-0.39, 0.29) is 18.0 Å². The van der Waals surface area contributed by atoms with E-state index in [1.807, 2.05) is 26.0 Å². The average Bonchev–Trinajstić information content (AvgIpc) is 2.67. The van der Waals surface area contributed by atoms with Crippen LogP contribution in [-0.4, -0.2) is 35.3 Å². The predicted octanol–water partition coefficient (Wildman–Crippen LogP) is 4.25. The van der Waals surface area contributed by atoms with Gasteiger partial charge in [0.25, 0.3) is 0 Å². The summed E-state index contributed by atoms with van der Waals surface area (Å²) in [4.78, 5) is 18.9. The summed E-state index contributed by atoms with van der Waals surface area (Å²) in [5.74, 6) is 0.469. The van der Waals surface area contributed by atoms with E-state index in [0.29, 0.717) is 16.4 Å². The van der Waals surface area contributed by atoms with Gasteiger partial charge in [0.05, 0.1) is 12.2 Å². The lowest BCUT2D eigenvalue weighted by molar-refractivity contribution is 0.0377. The zero-order valence-corrected chi connectivity index (χ0v) is 16.4. The Kier molecular flexibility index (Phi) is 6.34. The lowest BCUT2D eigenvalue weighted by Crippen LogP contribution is -2.37. The minimum absolute atomic E-state index is 0.164. The summed E-state index contributed by atoms with van der Waals surface area (Å²) >= 11 is 5.93. The van der Waals surface area contributed by atoms with Gasteiger partial charge in [0.15, 0.2) is 0 Å². The van der Waals surface area contributed by atoms with Crippen molar-refractivity contribution >= 4 is 23.4 Å². The molecule has 1 saturated heterocycles. The third-order valence-corrected chi connectivity index (χ3v) is 5.10. The first-order valence-corrected chi connectivity index (χ1v) is 9.68. The Labute approximate surface area is 164 Å². The van der Waals surface area contributed by atoms with Gasteiger partial charge >= 0.3 is 5.97 Å². The van der Waals surface area contributed by atoms with Gasteiger partial charge in [0.2, 0.25) is 0 Å². The number of aliphatic hydroxyl groups excluding tert-OH is 1. The van der Waals surface area contributed by atoms with E-state index in [9.17, 15) is 9.90 Å². The number of rotatable bonds is 5. The van der Waals surface area contributed by atoms with Crippen LogP contribution < -0.4 is 4.90 Å². The second-order valence-corrected chi connectivity index (χ2v) is 7.59. The third kappa shape index (κ3) is 4.79. The molecule has 1 aliphatic rings. The summed E-state index contributed by atoms with van der Waals surface area (Å²) in [5, 5.41) is 11.3. The van der Waals surface area contributed by atoms with Crippen LogP contribution in [0.15, 0.2) is 42.6 Å². The van der Waals surface area contributed by atoms with E-state index in [4.69, 9.17) is 16.3 Å². The van der Waals surface area contributed by atoms with E-state index in [1.165, 1.54) is 0 Å². The number of piperidine rings is 1. The Morgan fingerprint density at radius 2 is 1.89 bits per heavy atom. The summed E-state index contributed by atoms with van der Waals surface area (Å²) < 4.78 is 5.34. The maximum Gasteiger partial charge on any atom is 0.342 e. The summed E-state index contributed by atoms with van der Waals surface area (Å²) in [7, 11) is 0. The zero-order valence-electron chi connectivity index (χ0n) is 15.6. The monoisotopic (exact) mass is 388 g/mol. The highest BCUT2D eigenvalue weighted by Crippen LogP contribution is 2.33. The van der Waals surface area contributed by atoms with Crippen LogP contribution in [0.2, 0.25) is 5.02 Å². The highest BCUT2D eigenvalue weighted by molar-refractivity contribution is 6.30. The van der Waals surface area contributed by atoms with Crippen LogP contribution in [0.5, 0.6) is 0 Å². The number of aromatic nitrogens is 1. The molecule has 0 spiro atoms. The molecule has 144 valence electrons. The number of anilines is 1. The van der Waals surface area contributed by atoms with E-state index in [0.717, 1.165) is 31.5 Å². The Balaban J connectivity index is 1.67. The molecule has 1 unspecified atom stereocenters. The number of hydrogen-bond acceptors (Lipinski definition) is 5. The number of pyridine rings is 1. The van der Waals surface area contributed by atoms with Gasteiger partial charge in [-0.1, -0.05) is 23.7 Å². The van der Waals surface area contributed by atoms with Crippen molar-refractivity contribution in [1.82, 2.24) is 4.98 Å². The molecule has 1 N–H and O–H groups in total. The van der Waals surface area contributed by atoms with Crippen molar-refractivity contribution in [1.29, 1.82) is 0 Å². The van der Waals surface area contributed by atoms with Crippen LogP contribution in [0, 0.1) is 5.92 Å². The van der Waals surface area contributed by atoms with Crippen LogP contribution in [0.1, 0.15) is 48.7 Å². The topological polar surface area (TPSA) is 62.7 Å². The van der Waals surface area contributed by atoms with E-state index in [2.05, 4.69) is 9.88 Å². The Hall–Kier alpha value is -2.11. The fourth-order valence-corrected chi connectivity index (χ4v) is 3.57. The number of nitrogens with zero attached hydrogens (tertiary/aromatic N) is 2. The van der Waals surface area contributed by atoms with Gasteiger partial charge in [0.1, 0.15) is 11.4 Å². The van der Waals surface area contributed by atoms with Gasteiger partial charge in [-0.15, -0.1) is 0 Å². The standard InChI is InChI=1S/C21H25ClN2O3/c1-14(2)27-21(26)18-4-3-11-23-20(18)24-12-9-16(10-13-24)19(25)15-5-7-17(22)8-6-15/h3-8,11,14,16,19,25H,9-10,12-13H2,1-2H3. The van der Waals surface area contributed by atoms with Crippen molar-refractivity contribution < 1.29 is 14.6 Å². The van der Waals surface area contributed by atoms with Gasteiger partial charge in [-0.25, -0.2) is 9.78 Å². The molecule has 1 fully saturated rings. The summed E-state index contributed by atoms with van der Waals surface area (Å²) in [6, 6.07) is 10.8. The minimum atomic E-state index is -0.515. The molecule has 2 heterocycles. The summed E-state index contributed by atoms with van der Waals surface area (Å²) in [6.45, 7) is 5.12. The van der Waals surface area contributed by atoms with Crippen molar-refractivity contribution in [3.8, 4) is 0 Å². The van der Waals surface area contributed by atoms with Gasteiger partial charge < -0.3 is 14.7 Å². The number of carbonyl (C=O) groups excluding carboxylic acids is 1. The van der Waals surface area contributed by atoms with Crippen LogP contribution in [-0.2, 0) is 4.74 Å². The quantitative estimate of drug-likeness (QED) is 0.776.